The van der Waals surface area contributed by atoms with Gasteiger partial charge in [0.1, 0.15) is 5.69 Å². The molecule has 2 heterocycles. The van der Waals surface area contributed by atoms with E-state index in [0.717, 1.165) is 32.4 Å². The van der Waals surface area contributed by atoms with Gasteiger partial charge in [-0.05, 0) is 44.4 Å². The molecule has 1 aliphatic carbocycles. The van der Waals surface area contributed by atoms with Crippen molar-refractivity contribution in [2.24, 2.45) is 0 Å². The van der Waals surface area contributed by atoms with E-state index in [1.54, 1.807) is 12.1 Å². The third-order valence-corrected chi connectivity index (χ3v) is 4.00. The Kier molecular flexibility index (Phi) is 5.24. The summed E-state index contributed by atoms with van der Waals surface area (Å²) in [5.41, 5.74) is 0.495. The monoisotopic (exact) mass is 315 g/mol. The van der Waals surface area contributed by atoms with Gasteiger partial charge in [0.15, 0.2) is 0 Å². The van der Waals surface area contributed by atoms with Gasteiger partial charge in [0, 0.05) is 24.8 Å². The van der Waals surface area contributed by atoms with Crippen molar-refractivity contribution < 1.29 is 4.79 Å². The summed E-state index contributed by atoms with van der Waals surface area (Å²) in [5, 5.41) is 4.01. The molecule has 1 N–H and O–H groups in total. The number of aromatic nitrogens is 1. The Morgan fingerprint density at radius 2 is 2.20 bits per heavy atom. The van der Waals surface area contributed by atoms with E-state index >= 15 is 0 Å². The second kappa shape index (κ2) is 6.74. The number of carbonyl (C=O) groups is 1. The van der Waals surface area contributed by atoms with Crippen LogP contribution in [0.3, 0.4) is 0 Å². The van der Waals surface area contributed by atoms with Gasteiger partial charge in [-0.1, -0.05) is 11.6 Å². The SMILES string of the molecule is Cl.O=C(c1ccc(Cl)cn1)N(CC1CCCN1)C1CC1. The van der Waals surface area contributed by atoms with Crippen molar-refractivity contribution in [2.45, 2.75) is 37.8 Å². The van der Waals surface area contributed by atoms with Gasteiger partial charge < -0.3 is 10.2 Å². The normalized spacial score (nSPS) is 21.4. The molecule has 0 spiro atoms. The molecule has 1 atom stereocenters. The molecule has 0 bridgehead atoms. The van der Waals surface area contributed by atoms with E-state index in [-0.39, 0.29) is 18.3 Å². The Labute approximate surface area is 130 Å². The van der Waals surface area contributed by atoms with E-state index < -0.39 is 0 Å². The summed E-state index contributed by atoms with van der Waals surface area (Å²) in [6.45, 7) is 1.87. The van der Waals surface area contributed by atoms with Crippen molar-refractivity contribution in [3.8, 4) is 0 Å². The molecule has 2 fully saturated rings. The first-order valence-corrected chi connectivity index (χ1v) is 7.28. The summed E-state index contributed by atoms with van der Waals surface area (Å²) >= 11 is 5.81. The van der Waals surface area contributed by atoms with Crippen LogP contribution in [0.5, 0.6) is 0 Å². The number of rotatable bonds is 4. The molecule has 2 aliphatic rings. The van der Waals surface area contributed by atoms with Crippen LogP contribution in [-0.4, -0.2) is 41.0 Å². The van der Waals surface area contributed by atoms with Crippen molar-refractivity contribution in [1.29, 1.82) is 0 Å². The van der Waals surface area contributed by atoms with Crippen LogP contribution in [0.25, 0.3) is 0 Å². The van der Waals surface area contributed by atoms with E-state index in [2.05, 4.69) is 10.3 Å². The predicted octanol–water partition coefficient (Wildman–Crippen LogP) is 2.51. The van der Waals surface area contributed by atoms with E-state index in [1.807, 2.05) is 4.90 Å². The van der Waals surface area contributed by atoms with Gasteiger partial charge in [0.25, 0.3) is 5.91 Å². The van der Waals surface area contributed by atoms with E-state index in [9.17, 15) is 4.79 Å². The third kappa shape index (κ3) is 3.62. The number of nitrogens with one attached hydrogen (secondary N) is 1. The van der Waals surface area contributed by atoms with E-state index in [4.69, 9.17) is 11.6 Å². The lowest BCUT2D eigenvalue weighted by Gasteiger charge is -2.25. The number of carbonyl (C=O) groups excluding carboxylic acids is 1. The minimum atomic E-state index is 0. The first kappa shape index (κ1) is 15.5. The molecule has 0 radical (unpaired) electrons. The fourth-order valence-electron chi connectivity index (χ4n) is 2.58. The number of halogens is 2. The van der Waals surface area contributed by atoms with Crippen LogP contribution in [-0.2, 0) is 0 Å². The zero-order valence-corrected chi connectivity index (χ0v) is 12.8. The van der Waals surface area contributed by atoms with Crippen molar-refractivity contribution in [1.82, 2.24) is 15.2 Å². The summed E-state index contributed by atoms with van der Waals surface area (Å²) < 4.78 is 0. The average molecular weight is 316 g/mol. The van der Waals surface area contributed by atoms with E-state index in [0.29, 0.717) is 22.8 Å². The Morgan fingerprint density at radius 1 is 1.40 bits per heavy atom. The molecule has 3 rings (SSSR count). The number of hydrogen-bond acceptors (Lipinski definition) is 3. The summed E-state index contributed by atoms with van der Waals surface area (Å²) in [6, 6.07) is 4.28. The highest BCUT2D eigenvalue weighted by molar-refractivity contribution is 6.30. The zero-order valence-electron chi connectivity index (χ0n) is 11.2. The average Bonchev–Trinajstić information content (AvgIpc) is 3.13. The standard InChI is InChI=1S/C14H18ClN3O.ClH/c15-10-3-6-13(17-8-10)14(19)18(12-4-5-12)9-11-2-1-7-16-11;/h3,6,8,11-12,16H,1-2,4-5,7,9H2;1H. The van der Waals surface area contributed by atoms with Gasteiger partial charge in [-0.25, -0.2) is 4.98 Å². The molecule has 1 aliphatic heterocycles. The van der Waals surface area contributed by atoms with Crippen LogP contribution in [0, 0.1) is 0 Å². The van der Waals surface area contributed by atoms with Crippen LogP contribution in [0.4, 0.5) is 0 Å². The van der Waals surface area contributed by atoms with Crippen molar-refractivity contribution in [3.05, 3.63) is 29.0 Å². The Bertz CT molecular complexity index is 456. The van der Waals surface area contributed by atoms with Crippen molar-refractivity contribution >= 4 is 29.9 Å². The highest BCUT2D eigenvalue weighted by Gasteiger charge is 2.35. The van der Waals surface area contributed by atoms with Gasteiger partial charge in [-0.15, -0.1) is 12.4 Å². The first-order valence-electron chi connectivity index (χ1n) is 6.90. The quantitative estimate of drug-likeness (QED) is 0.928. The highest BCUT2D eigenvalue weighted by atomic mass is 35.5. The predicted molar refractivity (Wildman–Crippen MR) is 81.6 cm³/mol. The van der Waals surface area contributed by atoms with Crippen molar-refractivity contribution in [3.63, 3.8) is 0 Å². The Morgan fingerprint density at radius 3 is 2.75 bits per heavy atom. The molecule has 0 aromatic carbocycles. The molecule has 6 heteroatoms. The fourth-order valence-corrected chi connectivity index (χ4v) is 2.70. The van der Waals surface area contributed by atoms with Gasteiger partial charge in [0.05, 0.1) is 5.02 Å². The number of hydrogen-bond donors (Lipinski definition) is 1. The fraction of sp³-hybridized carbons (Fsp3) is 0.571. The lowest BCUT2D eigenvalue weighted by atomic mass is 10.2. The van der Waals surface area contributed by atoms with E-state index in [1.165, 1.54) is 12.6 Å². The topological polar surface area (TPSA) is 45.2 Å². The molecule has 1 amide bonds. The number of nitrogens with zero attached hydrogens (tertiary/aromatic N) is 2. The molecule has 1 aromatic heterocycles. The summed E-state index contributed by atoms with van der Waals surface area (Å²) in [6.07, 6.45) is 6.13. The largest absolute Gasteiger partial charge is 0.333 e. The van der Waals surface area contributed by atoms with Crippen LogP contribution in [0.15, 0.2) is 18.3 Å². The first-order chi connectivity index (χ1) is 9.24. The Balaban J connectivity index is 0.00000147. The summed E-state index contributed by atoms with van der Waals surface area (Å²) in [4.78, 5) is 18.6. The summed E-state index contributed by atoms with van der Waals surface area (Å²) in [5.74, 6) is 0.0351. The maximum atomic E-state index is 12.5. The number of amides is 1. The molecule has 110 valence electrons. The van der Waals surface area contributed by atoms with Gasteiger partial charge in [-0.3, -0.25) is 4.79 Å². The number of pyridine rings is 1. The van der Waals surface area contributed by atoms with Crippen LogP contribution in [0.1, 0.15) is 36.2 Å². The second-order valence-electron chi connectivity index (χ2n) is 5.34. The van der Waals surface area contributed by atoms with Crippen LogP contribution in [0.2, 0.25) is 5.02 Å². The van der Waals surface area contributed by atoms with Crippen molar-refractivity contribution in [2.75, 3.05) is 13.1 Å². The van der Waals surface area contributed by atoms with Gasteiger partial charge in [0.2, 0.25) is 0 Å². The lowest BCUT2D eigenvalue weighted by molar-refractivity contribution is 0.0722. The van der Waals surface area contributed by atoms with Crippen LogP contribution < -0.4 is 5.32 Å². The van der Waals surface area contributed by atoms with Crippen LogP contribution >= 0.6 is 24.0 Å². The molecular formula is C14H19Cl2N3O. The maximum absolute atomic E-state index is 12.5. The molecule has 1 saturated carbocycles. The smallest absolute Gasteiger partial charge is 0.272 e. The third-order valence-electron chi connectivity index (χ3n) is 3.77. The summed E-state index contributed by atoms with van der Waals surface area (Å²) in [7, 11) is 0. The molecular weight excluding hydrogens is 297 g/mol. The molecule has 1 saturated heterocycles. The van der Waals surface area contributed by atoms with Gasteiger partial charge >= 0.3 is 0 Å². The zero-order chi connectivity index (χ0) is 13.2. The molecule has 4 nitrogen and oxygen atoms in total. The maximum Gasteiger partial charge on any atom is 0.272 e. The highest BCUT2D eigenvalue weighted by Crippen LogP contribution is 2.29. The molecule has 20 heavy (non-hydrogen) atoms. The van der Waals surface area contributed by atoms with Gasteiger partial charge in [-0.2, -0.15) is 0 Å². The molecule has 1 unspecified atom stereocenters. The minimum Gasteiger partial charge on any atom is -0.333 e. The Hall–Kier alpha value is -0.840. The minimum absolute atomic E-state index is 0. The molecule has 1 aromatic rings. The second-order valence-corrected chi connectivity index (χ2v) is 5.78. The lowest BCUT2D eigenvalue weighted by Crippen LogP contribution is -2.42.